The van der Waals surface area contributed by atoms with Crippen LogP contribution in [-0.4, -0.2) is 66.3 Å². The summed E-state index contributed by atoms with van der Waals surface area (Å²) in [6.07, 6.45) is -0.832. The zero-order valence-corrected chi connectivity index (χ0v) is 20.8. The maximum absolute atomic E-state index is 12.8. The van der Waals surface area contributed by atoms with E-state index in [1.54, 1.807) is 0 Å². The molecule has 2 fully saturated rings. The minimum Gasteiger partial charge on any atom is -0.717 e. The summed E-state index contributed by atoms with van der Waals surface area (Å²) >= 11 is 11.9. The van der Waals surface area contributed by atoms with E-state index in [9.17, 15) is 24.0 Å². The number of carboxylic acids is 1. The van der Waals surface area contributed by atoms with E-state index >= 15 is 0 Å². The zero-order chi connectivity index (χ0) is 26.0. The molecule has 3 rings (SSSR count). The van der Waals surface area contributed by atoms with Gasteiger partial charge in [-0.3, -0.25) is 14.4 Å². The van der Waals surface area contributed by atoms with Crippen LogP contribution in [0.2, 0.25) is 10.0 Å². The van der Waals surface area contributed by atoms with E-state index in [1.807, 2.05) is 13.8 Å². The topological polar surface area (TPSA) is 150 Å². The van der Waals surface area contributed by atoms with Gasteiger partial charge in [0.2, 0.25) is 5.91 Å². The second kappa shape index (κ2) is 10.4. The molecule has 2 bridgehead atoms. The van der Waals surface area contributed by atoms with Crippen LogP contribution in [0.25, 0.3) is 0 Å². The van der Waals surface area contributed by atoms with Crippen molar-refractivity contribution in [3.05, 3.63) is 33.8 Å². The Kier molecular flexibility index (Phi) is 7.98. The van der Waals surface area contributed by atoms with Crippen molar-refractivity contribution in [2.45, 2.75) is 44.7 Å². The lowest BCUT2D eigenvalue weighted by molar-refractivity contribution is -0.209. The molecule has 1 unspecified atom stereocenters. The van der Waals surface area contributed by atoms with Crippen LogP contribution in [0.15, 0.2) is 18.2 Å². The predicted molar refractivity (Wildman–Crippen MR) is 124 cm³/mol. The number of benzene rings is 1. The highest BCUT2D eigenvalue weighted by Crippen LogP contribution is 2.39. The molecule has 11 nitrogen and oxygen atoms in total. The number of carbonyl (C=O) groups is 5. The molecule has 3 N–H and O–H groups in total. The quantitative estimate of drug-likeness (QED) is 0.288. The molecule has 0 radical (unpaired) electrons. The van der Waals surface area contributed by atoms with Crippen molar-refractivity contribution in [1.29, 1.82) is 0 Å². The van der Waals surface area contributed by atoms with Gasteiger partial charge in [0.1, 0.15) is 6.42 Å². The fraction of sp³-hybridized carbons (Fsp3) is 0.476. The highest BCUT2D eigenvalue weighted by Gasteiger charge is 2.65. The normalized spacial score (nSPS) is 24.2. The van der Waals surface area contributed by atoms with Gasteiger partial charge in [-0.2, -0.15) is 0 Å². The SMILES string of the molecule is COC(=O)[C@@]12CC(=O)O[B-]([C@H](CC(C)C)NC(=O)CNC(=O)c3cc(Cl)ccc3Cl)(O1)[OH+]C(=O)C2. The number of amides is 2. The largest absolute Gasteiger partial charge is 0.717 e. The average Bonchev–Trinajstić information content (AvgIpc) is 2.76. The monoisotopic (exact) mass is 530 g/mol. The van der Waals surface area contributed by atoms with Crippen molar-refractivity contribution >= 4 is 59.7 Å². The summed E-state index contributed by atoms with van der Waals surface area (Å²) in [5.41, 5.74) is -1.81. The Morgan fingerprint density at radius 2 is 1.94 bits per heavy atom. The van der Waals surface area contributed by atoms with Gasteiger partial charge in [-0.05, 0) is 24.1 Å². The summed E-state index contributed by atoms with van der Waals surface area (Å²) in [7, 11) is 1.10. The molecule has 2 amide bonds. The standard InChI is InChI=1S/C21H25BCl2N2O9/c1-11(2)6-15(26-16(27)10-25-19(30)13-7-12(23)4-5-14(13)24)22-33-17(28)8-21(35-22,20(31)32-3)9-18(29)34-22/h4-5,7,11,15,33H,6,8-10H2,1-3H3,(H,25,30)(H,26,27)/t15-,21+,22?/m0/s1. The van der Waals surface area contributed by atoms with E-state index in [1.165, 1.54) is 18.2 Å². The predicted octanol–water partition coefficient (Wildman–Crippen LogP) is 1.07. The maximum Gasteiger partial charge on any atom is 0.594 e. The van der Waals surface area contributed by atoms with Gasteiger partial charge in [-0.1, -0.05) is 43.5 Å². The van der Waals surface area contributed by atoms with E-state index in [4.69, 9.17) is 37.2 Å². The number of hydrogen-bond donors (Lipinski definition) is 2. The van der Waals surface area contributed by atoms with Crippen LogP contribution in [0.4, 0.5) is 0 Å². The zero-order valence-electron chi connectivity index (χ0n) is 19.3. The first-order chi connectivity index (χ1) is 16.4. The highest BCUT2D eigenvalue weighted by molar-refractivity contribution is 6.66. The highest BCUT2D eigenvalue weighted by atomic mass is 35.5. The van der Waals surface area contributed by atoms with E-state index in [2.05, 4.69) is 15.3 Å². The Morgan fingerprint density at radius 1 is 1.23 bits per heavy atom. The first-order valence-electron chi connectivity index (χ1n) is 10.8. The average molecular weight is 531 g/mol. The third kappa shape index (κ3) is 5.88. The van der Waals surface area contributed by atoms with Crippen molar-refractivity contribution in [3.8, 4) is 0 Å². The molecule has 1 aromatic rings. The van der Waals surface area contributed by atoms with Crippen LogP contribution in [0.3, 0.4) is 0 Å². The number of ether oxygens (including phenoxy) is 1. The van der Waals surface area contributed by atoms with Crippen LogP contribution < -0.4 is 10.6 Å². The number of halogens is 2. The van der Waals surface area contributed by atoms with Crippen LogP contribution in [-0.2, 0) is 33.2 Å². The fourth-order valence-corrected chi connectivity index (χ4v) is 4.54. The Labute approximate surface area is 211 Å². The van der Waals surface area contributed by atoms with Crippen LogP contribution in [0.5, 0.6) is 0 Å². The molecule has 35 heavy (non-hydrogen) atoms. The smallest absolute Gasteiger partial charge is 0.594 e. The number of hydrogen-bond acceptors (Lipinski definition) is 8. The lowest BCUT2D eigenvalue weighted by Crippen LogP contribution is -2.76. The summed E-state index contributed by atoms with van der Waals surface area (Å²) < 4.78 is 20.0. The Balaban J connectivity index is 1.80. The third-order valence-corrected chi connectivity index (χ3v) is 6.17. The molecule has 2 aliphatic rings. The minimum atomic E-state index is -3.12. The molecule has 2 heterocycles. The molecule has 3 atom stereocenters. The molecule has 14 heteroatoms. The van der Waals surface area contributed by atoms with Crippen molar-refractivity contribution in [2.75, 3.05) is 13.7 Å². The summed E-state index contributed by atoms with van der Waals surface area (Å²) in [4.78, 5) is 62.7. The number of fused-ring (bicyclic) bond motifs is 2. The molecule has 0 spiro atoms. The first-order valence-corrected chi connectivity index (χ1v) is 11.6. The van der Waals surface area contributed by atoms with Gasteiger partial charge >= 0.3 is 18.7 Å². The first kappa shape index (κ1) is 26.8. The Hall–Kier alpha value is -2.83. The molecule has 190 valence electrons. The summed E-state index contributed by atoms with van der Waals surface area (Å²) in [5, 5.41) is 5.49. The Bertz CT molecular complexity index is 1050. The van der Waals surface area contributed by atoms with Gasteiger partial charge in [0.25, 0.3) is 11.9 Å². The third-order valence-electron chi connectivity index (χ3n) is 5.61. The molecule has 2 aliphatic heterocycles. The van der Waals surface area contributed by atoms with Gasteiger partial charge in [-0.25, -0.2) is 4.79 Å². The van der Waals surface area contributed by atoms with Crippen LogP contribution >= 0.6 is 23.2 Å². The minimum absolute atomic E-state index is 0.0691. The molecule has 0 aliphatic carbocycles. The maximum atomic E-state index is 12.8. The van der Waals surface area contributed by atoms with Crippen molar-refractivity contribution < 1.29 is 42.7 Å². The van der Waals surface area contributed by atoms with E-state index < -0.39 is 67.4 Å². The second-order valence-electron chi connectivity index (χ2n) is 8.81. The number of aliphatic carboxylic acids is 1. The summed E-state index contributed by atoms with van der Waals surface area (Å²) in [6.45, 7) is 0.0646. The number of carbonyl (C=O) groups excluding carboxylic acids is 4. The van der Waals surface area contributed by atoms with Gasteiger partial charge in [0, 0.05) is 15.8 Å². The molecule has 1 aromatic carbocycles. The van der Waals surface area contributed by atoms with Gasteiger partial charge in [-0.15, -0.1) is 0 Å². The lowest BCUT2D eigenvalue weighted by atomic mass is 9.61. The molecular formula is C21H25BCl2N2O9. The van der Waals surface area contributed by atoms with Crippen LogP contribution in [0.1, 0.15) is 43.5 Å². The van der Waals surface area contributed by atoms with E-state index in [0.717, 1.165) is 7.11 Å². The lowest BCUT2D eigenvalue weighted by Gasteiger charge is -2.55. The second-order valence-corrected chi connectivity index (χ2v) is 9.65. The van der Waals surface area contributed by atoms with E-state index in [0.29, 0.717) is 0 Å². The fourth-order valence-electron chi connectivity index (χ4n) is 4.16. The Morgan fingerprint density at radius 3 is 2.60 bits per heavy atom. The van der Waals surface area contributed by atoms with Crippen molar-refractivity contribution in [1.82, 2.24) is 10.6 Å². The molecular weight excluding hydrogens is 506 g/mol. The molecule has 2 saturated heterocycles. The summed E-state index contributed by atoms with van der Waals surface area (Å²) in [5.74, 6) is -4.93. The van der Waals surface area contributed by atoms with Crippen molar-refractivity contribution in [2.24, 2.45) is 5.92 Å². The number of rotatable bonds is 8. The number of esters is 1. The van der Waals surface area contributed by atoms with Gasteiger partial charge in [0.05, 0.1) is 30.7 Å². The molecule has 0 saturated carbocycles. The van der Waals surface area contributed by atoms with Gasteiger partial charge < -0.3 is 29.3 Å². The van der Waals surface area contributed by atoms with Crippen molar-refractivity contribution in [3.63, 3.8) is 0 Å². The summed E-state index contributed by atoms with van der Waals surface area (Å²) in [6, 6.07) is 4.32. The van der Waals surface area contributed by atoms with Crippen LogP contribution in [0, 0.1) is 5.92 Å². The number of methoxy groups -OCH3 is 1. The molecule has 0 aromatic heterocycles. The number of nitrogens with one attached hydrogen (secondary N) is 2. The van der Waals surface area contributed by atoms with Gasteiger partial charge in [0.15, 0.2) is 5.60 Å². The van der Waals surface area contributed by atoms with E-state index in [-0.39, 0.29) is 27.9 Å².